The Labute approximate surface area is 89.8 Å². The normalized spacial score (nSPS) is 18.4. The first-order valence-electron chi connectivity index (χ1n) is 5.92. The van der Waals surface area contributed by atoms with E-state index in [1.807, 2.05) is 0 Å². The van der Waals surface area contributed by atoms with Crippen molar-refractivity contribution in [2.45, 2.75) is 65.3 Å². The van der Waals surface area contributed by atoms with E-state index in [2.05, 4.69) is 39.8 Å². The third-order valence-corrected chi connectivity index (χ3v) is 3.08. The smallest absolute Gasteiger partial charge is 0.0123 e. The lowest BCUT2D eigenvalue weighted by Crippen LogP contribution is -2.35. The van der Waals surface area contributed by atoms with Crippen LogP contribution in [0.25, 0.3) is 0 Å². The Morgan fingerprint density at radius 3 is 2.50 bits per heavy atom. The molecule has 0 bridgehead atoms. The highest BCUT2D eigenvalue weighted by Crippen LogP contribution is 2.20. The summed E-state index contributed by atoms with van der Waals surface area (Å²) in [6.45, 7) is 8.74. The lowest BCUT2D eigenvalue weighted by molar-refractivity contribution is 0.357. The third kappa shape index (κ3) is 7.14. The van der Waals surface area contributed by atoms with Crippen molar-refractivity contribution in [2.24, 2.45) is 11.7 Å². The van der Waals surface area contributed by atoms with Gasteiger partial charge in [0.25, 0.3) is 0 Å². The fraction of sp³-hybridized carbons (Fsp3) is 0.846. The zero-order valence-electron chi connectivity index (χ0n) is 10.3. The second kappa shape index (κ2) is 7.05. The second-order valence-electron chi connectivity index (χ2n) is 4.80. The molecule has 1 nitrogen and oxygen atoms in total. The summed E-state index contributed by atoms with van der Waals surface area (Å²) in [5, 5.41) is 0. The standard InChI is InChI=1S/C13H27N/c1-5-7-8-9-12(3)10-11-13(4,14)6-2/h5,7,12H,6,8-11,14H2,1-4H3/b7-5-/t12-,13?/m1/s1. The summed E-state index contributed by atoms with van der Waals surface area (Å²) >= 11 is 0. The Kier molecular flexibility index (Phi) is 6.90. The maximum Gasteiger partial charge on any atom is 0.0123 e. The van der Waals surface area contributed by atoms with Gasteiger partial charge in [0.05, 0.1) is 0 Å². The molecule has 0 aromatic heterocycles. The van der Waals surface area contributed by atoms with E-state index in [4.69, 9.17) is 5.73 Å². The van der Waals surface area contributed by atoms with Crippen LogP contribution in [-0.4, -0.2) is 5.54 Å². The molecule has 14 heavy (non-hydrogen) atoms. The SMILES string of the molecule is C/C=C\CC[C@@H](C)CCC(C)(N)CC. The molecule has 0 aliphatic heterocycles. The third-order valence-electron chi connectivity index (χ3n) is 3.08. The molecule has 0 fully saturated rings. The lowest BCUT2D eigenvalue weighted by Gasteiger charge is -2.24. The Hall–Kier alpha value is -0.300. The first-order valence-corrected chi connectivity index (χ1v) is 5.92. The molecule has 0 aliphatic rings. The van der Waals surface area contributed by atoms with Crippen LogP contribution in [0.4, 0.5) is 0 Å². The van der Waals surface area contributed by atoms with Crippen molar-refractivity contribution >= 4 is 0 Å². The lowest BCUT2D eigenvalue weighted by atomic mass is 9.88. The molecule has 2 N–H and O–H groups in total. The summed E-state index contributed by atoms with van der Waals surface area (Å²) < 4.78 is 0. The molecule has 0 saturated carbocycles. The monoisotopic (exact) mass is 197 g/mol. The van der Waals surface area contributed by atoms with Gasteiger partial charge in [0.15, 0.2) is 0 Å². The molecule has 0 radical (unpaired) electrons. The van der Waals surface area contributed by atoms with Gasteiger partial charge < -0.3 is 5.73 Å². The first kappa shape index (κ1) is 13.7. The maximum absolute atomic E-state index is 6.11. The summed E-state index contributed by atoms with van der Waals surface area (Å²) in [5.74, 6) is 0.806. The van der Waals surface area contributed by atoms with Gasteiger partial charge in [-0.1, -0.05) is 26.0 Å². The molecule has 0 saturated heterocycles. The van der Waals surface area contributed by atoms with E-state index < -0.39 is 0 Å². The van der Waals surface area contributed by atoms with Crippen molar-refractivity contribution in [3.05, 3.63) is 12.2 Å². The summed E-state index contributed by atoms with van der Waals surface area (Å²) in [4.78, 5) is 0. The minimum atomic E-state index is 0.0505. The molecule has 0 amide bonds. The first-order chi connectivity index (χ1) is 6.52. The predicted octanol–water partition coefficient (Wildman–Crippen LogP) is 3.89. The van der Waals surface area contributed by atoms with Crippen LogP contribution in [0.3, 0.4) is 0 Å². The topological polar surface area (TPSA) is 26.0 Å². The minimum absolute atomic E-state index is 0.0505. The minimum Gasteiger partial charge on any atom is -0.325 e. The van der Waals surface area contributed by atoms with Gasteiger partial charge >= 0.3 is 0 Å². The molecular weight excluding hydrogens is 170 g/mol. The fourth-order valence-corrected chi connectivity index (χ4v) is 1.44. The average molecular weight is 197 g/mol. The van der Waals surface area contributed by atoms with E-state index >= 15 is 0 Å². The number of rotatable bonds is 7. The van der Waals surface area contributed by atoms with Crippen molar-refractivity contribution in [3.63, 3.8) is 0 Å². The number of nitrogens with two attached hydrogens (primary N) is 1. The molecule has 0 rings (SSSR count). The highest BCUT2D eigenvalue weighted by atomic mass is 14.7. The van der Waals surface area contributed by atoms with Crippen molar-refractivity contribution in [2.75, 3.05) is 0 Å². The Morgan fingerprint density at radius 1 is 1.36 bits per heavy atom. The van der Waals surface area contributed by atoms with Crippen molar-refractivity contribution in [3.8, 4) is 0 Å². The number of hydrogen-bond donors (Lipinski definition) is 1. The molecule has 0 aromatic rings. The van der Waals surface area contributed by atoms with Crippen LogP contribution in [0, 0.1) is 5.92 Å². The molecule has 1 unspecified atom stereocenters. The van der Waals surface area contributed by atoms with Crippen LogP contribution in [0.5, 0.6) is 0 Å². The van der Waals surface area contributed by atoms with Crippen LogP contribution < -0.4 is 5.73 Å². The van der Waals surface area contributed by atoms with Gasteiger partial charge in [-0.25, -0.2) is 0 Å². The van der Waals surface area contributed by atoms with E-state index in [9.17, 15) is 0 Å². The fourth-order valence-electron chi connectivity index (χ4n) is 1.44. The van der Waals surface area contributed by atoms with Gasteiger partial charge in [0.2, 0.25) is 0 Å². The maximum atomic E-state index is 6.11. The molecule has 0 spiro atoms. The Balaban J connectivity index is 3.57. The summed E-state index contributed by atoms with van der Waals surface area (Å²) in [6.07, 6.45) is 10.4. The van der Waals surface area contributed by atoms with E-state index in [1.54, 1.807) is 0 Å². The van der Waals surface area contributed by atoms with Crippen LogP contribution in [0.2, 0.25) is 0 Å². The van der Waals surface area contributed by atoms with E-state index in [0.717, 1.165) is 18.8 Å². The summed E-state index contributed by atoms with van der Waals surface area (Å²) in [6, 6.07) is 0. The molecule has 1 heteroatoms. The Bertz CT molecular complexity index is 159. The van der Waals surface area contributed by atoms with E-state index in [0.29, 0.717) is 0 Å². The van der Waals surface area contributed by atoms with Crippen LogP contribution in [0.1, 0.15) is 59.8 Å². The molecule has 0 aliphatic carbocycles. The molecule has 84 valence electrons. The van der Waals surface area contributed by atoms with Crippen molar-refractivity contribution in [1.82, 2.24) is 0 Å². The summed E-state index contributed by atoms with van der Waals surface area (Å²) in [7, 11) is 0. The molecule has 0 aromatic carbocycles. The zero-order valence-corrected chi connectivity index (χ0v) is 10.3. The zero-order chi connectivity index (χ0) is 11.0. The van der Waals surface area contributed by atoms with E-state index in [-0.39, 0.29) is 5.54 Å². The van der Waals surface area contributed by atoms with Gasteiger partial charge in [-0.2, -0.15) is 0 Å². The predicted molar refractivity (Wildman–Crippen MR) is 65.3 cm³/mol. The average Bonchev–Trinajstić information content (AvgIpc) is 2.16. The number of hydrogen-bond acceptors (Lipinski definition) is 1. The summed E-state index contributed by atoms with van der Waals surface area (Å²) in [5.41, 5.74) is 6.16. The largest absolute Gasteiger partial charge is 0.325 e. The molecule has 2 atom stereocenters. The second-order valence-corrected chi connectivity index (χ2v) is 4.80. The van der Waals surface area contributed by atoms with Crippen LogP contribution >= 0.6 is 0 Å². The molecular formula is C13H27N. The van der Waals surface area contributed by atoms with Crippen LogP contribution in [0.15, 0.2) is 12.2 Å². The van der Waals surface area contributed by atoms with Gasteiger partial charge in [0, 0.05) is 5.54 Å². The molecule has 0 heterocycles. The van der Waals surface area contributed by atoms with Gasteiger partial charge in [0.1, 0.15) is 0 Å². The van der Waals surface area contributed by atoms with Crippen molar-refractivity contribution < 1.29 is 0 Å². The highest BCUT2D eigenvalue weighted by Gasteiger charge is 2.16. The highest BCUT2D eigenvalue weighted by molar-refractivity contribution is 4.80. The van der Waals surface area contributed by atoms with Crippen LogP contribution in [-0.2, 0) is 0 Å². The Morgan fingerprint density at radius 2 is 2.00 bits per heavy atom. The van der Waals surface area contributed by atoms with E-state index in [1.165, 1.54) is 19.3 Å². The van der Waals surface area contributed by atoms with Crippen molar-refractivity contribution in [1.29, 1.82) is 0 Å². The van der Waals surface area contributed by atoms with Gasteiger partial charge in [-0.05, 0) is 51.9 Å². The quantitative estimate of drug-likeness (QED) is 0.616. The number of allylic oxidation sites excluding steroid dienone is 2. The van der Waals surface area contributed by atoms with Gasteiger partial charge in [-0.3, -0.25) is 0 Å². The van der Waals surface area contributed by atoms with Gasteiger partial charge in [-0.15, -0.1) is 0 Å².